The lowest BCUT2D eigenvalue weighted by atomic mass is 9.98. The average molecular weight is 200 g/mol. The van der Waals surface area contributed by atoms with Crippen LogP contribution in [-0.4, -0.2) is 51.3 Å². The van der Waals surface area contributed by atoms with Crippen LogP contribution < -0.4 is 5.32 Å². The maximum absolute atomic E-state index is 5.63. The second-order valence-corrected chi connectivity index (χ2v) is 4.18. The number of nitrogens with one attached hydrogen (secondary N) is 1. The van der Waals surface area contributed by atoms with E-state index >= 15 is 0 Å². The SMILES string of the molecule is CCNCCOCC1CCN(C)CC1. The van der Waals surface area contributed by atoms with Gasteiger partial charge in [0.1, 0.15) is 0 Å². The summed E-state index contributed by atoms with van der Waals surface area (Å²) >= 11 is 0. The van der Waals surface area contributed by atoms with Crippen molar-refractivity contribution in [2.45, 2.75) is 19.8 Å². The molecule has 1 rings (SSSR count). The molecule has 0 aromatic carbocycles. The summed E-state index contributed by atoms with van der Waals surface area (Å²) in [5.74, 6) is 0.799. The molecule has 1 heterocycles. The maximum atomic E-state index is 5.63. The van der Waals surface area contributed by atoms with Crippen LogP contribution in [0.4, 0.5) is 0 Å². The Bertz CT molecular complexity index is 133. The predicted octanol–water partition coefficient (Wildman–Crippen LogP) is 0.954. The average Bonchev–Trinajstić information content (AvgIpc) is 2.21. The second kappa shape index (κ2) is 7.21. The molecule has 3 heteroatoms. The van der Waals surface area contributed by atoms with Crippen LogP contribution in [0.2, 0.25) is 0 Å². The predicted molar refractivity (Wildman–Crippen MR) is 59.6 cm³/mol. The molecular formula is C11H24N2O. The molecule has 0 aromatic heterocycles. The van der Waals surface area contributed by atoms with Crippen LogP contribution in [0.1, 0.15) is 19.8 Å². The van der Waals surface area contributed by atoms with Crippen LogP contribution >= 0.6 is 0 Å². The second-order valence-electron chi connectivity index (χ2n) is 4.18. The molecule has 1 aliphatic heterocycles. The summed E-state index contributed by atoms with van der Waals surface area (Å²) in [6, 6.07) is 0. The Morgan fingerprint density at radius 3 is 2.71 bits per heavy atom. The van der Waals surface area contributed by atoms with Gasteiger partial charge in [0.05, 0.1) is 6.61 Å². The van der Waals surface area contributed by atoms with Crippen molar-refractivity contribution in [3.8, 4) is 0 Å². The van der Waals surface area contributed by atoms with Gasteiger partial charge in [-0.1, -0.05) is 6.92 Å². The van der Waals surface area contributed by atoms with E-state index in [-0.39, 0.29) is 0 Å². The van der Waals surface area contributed by atoms with Gasteiger partial charge in [-0.15, -0.1) is 0 Å². The first-order valence-electron chi connectivity index (χ1n) is 5.80. The van der Waals surface area contributed by atoms with E-state index in [4.69, 9.17) is 4.74 Å². The molecule has 0 aliphatic carbocycles. The fourth-order valence-electron chi connectivity index (χ4n) is 1.80. The first kappa shape index (κ1) is 12.0. The first-order valence-corrected chi connectivity index (χ1v) is 5.80. The van der Waals surface area contributed by atoms with Gasteiger partial charge in [0.2, 0.25) is 0 Å². The number of rotatable bonds is 6. The molecule has 0 spiro atoms. The van der Waals surface area contributed by atoms with Crippen molar-refractivity contribution in [3.63, 3.8) is 0 Å². The van der Waals surface area contributed by atoms with E-state index in [1.54, 1.807) is 0 Å². The molecule has 1 N–H and O–H groups in total. The zero-order valence-electron chi connectivity index (χ0n) is 9.59. The van der Waals surface area contributed by atoms with Gasteiger partial charge in [-0.3, -0.25) is 0 Å². The van der Waals surface area contributed by atoms with Crippen molar-refractivity contribution in [3.05, 3.63) is 0 Å². The minimum absolute atomic E-state index is 0.799. The summed E-state index contributed by atoms with van der Waals surface area (Å²) < 4.78 is 5.63. The highest BCUT2D eigenvalue weighted by Crippen LogP contribution is 2.15. The van der Waals surface area contributed by atoms with Crippen molar-refractivity contribution in [1.82, 2.24) is 10.2 Å². The lowest BCUT2D eigenvalue weighted by Crippen LogP contribution is -2.32. The smallest absolute Gasteiger partial charge is 0.0591 e. The molecule has 3 nitrogen and oxygen atoms in total. The molecule has 0 radical (unpaired) electrons. The number of piperidine rings is 1. The highest BCUT2D eigenvalue weighted by molar-refractivity contribution is 4.69. The van der Waals surface area contributed by atoms with E-state index in [2.05, 4.69) is 24.2 Å². The van der Waals surface area contributed by atoms with E-state index in [0.717, 1.165) is 32.2 Å². The van der Waals surface area contributed by atoms with Crippen LogP contribution in [0.5, 0.6) is 0 Å². The minimum atomic E-state index is 0.799. The highest BCUT2D eigenvalue weighted by atomic mass is 16.5. The van der Waals surface area contributed by atoms with Crippen molar-refractivity contribution < 1.29 is 4.74 Å². The van der Waals surface area contributed by atoms with Gasteiger partial charge in [-0.25, -0.2) is 0 Å². The summed E-state index contributed by atoms with van der Waals surface area (Å²) in [5, 5.41) is 3.26. The van der Waals surface area contributed by atoms with Gasteiger partial charge in [0.15, 0.2) is 0 Å². The number of nitrogens with zero attached hydrogens (tertiary/aromatic N) is 1. The van der Waals surface area contributed by atoms with Crippen molar-refractivity contribution >= 4 is 0 Å². The normalized spacial score (nSPS) is 20.1. The number of likely N-dealkylation sites (tertiary alicyclic amines) is 1. The fourth-order valence-corrected chi connectivity index (χ4v) is 1.80. The lowest BCUT2D eigenvalue weighted by Gasteiger charge is -2.28. The molecule has 0 atom stereocenters. The Labute approximate surface area is 87.8 Å². The highest BCUT2D eigenvalue weighted by Gasteiger charge is 2.16. The van der Waals surface area contributed by atoms with Crippen LogP contribution in [0, 0.1) is 5.92 Å². The fraction of sp³-hybridized carbons (Fsp3) is 1.00. The molecule has 0 amide bonds. The van der Waals surface area contributed by atoms with Gasteiger partial charge in [-0.05, 0) is 45.4 Å². The Morgan fingerprint density at radius 2 is 2.07 bits per heavy atom. The third-order valence-corrected chi connectivity index (χ3v) is 2.86. The van der Waals surface area contributed by atoms with Gasteiger partial charge in [-0.2, -0.15) is 0 Å². The van der Waals surface area contributed by atoms with Gasteiger partial charge >= 0.3 is 0 Å². The van der Waals surface area contributed by atoms with Crippen molar-refractivity contribution in [2.24, 2.45) is 5.92 Å². The molecule has 1 aliphatic rings. The number of ether oxygens (including phenoxy) is 1. The number of likely N-dealkylation sites (N-methyl/N-ethyl adjacent to an activating group) is 1. The third-order valence-electron chi connectivity index (χ3n) is 2.86. The number of hydrogen-bond acceptors (Lipinski definition) is 3. The summed E-state index contributed by atoms with van der Waals surface area (Å²) in [6.07, 6.45) is 2.61. The zero-order chi connectivity index (χ0) is 10.2. The monoisotopic (exact) mass is 200 g/mol. The van der Waals surface area contributed by atoms with E-state index < -0.39 is 0 Å². The van der Waals surface area contributed by atoms with E-state index in [1.807, 2.05) is 0 Å². The minimum Gasteiger partial charge on any atom is -0.380 e. The van der Waals surface area contributed by atoms with Gasteiger partial charge in [0, 0.05) is 13.2 Å². The lowest BCUT2D eigenvalue weighted by molar-refractivity contribution is 0.0739. The first-order chi connectivity index (χ1) is 6.83. The van der Waals surface area contributed by atoms with Gasteiger partial charge in [0.25, 0.3) is 0 Å². The van der Waals surface area contributed by atoms with Crippen LogP contribution in [-0.2, 0) is 4.74 Å². The van der Waals surface area contributed by atoms with E-state index in [0.29, 0.717) is 0 Å². The largest absolute Gasteiger partial charge is 0.380 e. The summed E-state index contributed by atoms with van der Waals surface area (Å²) in [5.41, 5.74) is 0. The third kappa shape index (κ3) is 4.94. The number of hydrogen-bond donors (Lipinski definition) is 1. The Morgan fingerprint density at radius 1 is 1.36 bits per heavy atom. The van der Waals surface area contributed by atoms with E-state index in [1.165, 1.54) is 25.9 Å². The molecule has 84 valence electrons. The van der Waals surface area contributed by atoms with Crippen molar-refractivity contribution in [1.29, 1.82) is 0 Å². The molecule has 1 saturated heterocycles. The van der Waals surface area contributed by atoms with Crippen LogP contribution in [0.15, 0.2) is 0 Å². The van der Waals surface area contributed by atoms with Crippen molar-refractivity contribution in [2.75, 3.05) is 46.4 Å². The maximum Gasteiger partial charge on any atom is 0.0591 e. The molecule has 0 unspecified atom stereocenters. The molecule has 14 heavy (non-hydrogen) atoms. The van der Waals surface area contributed by atoms with Gasteiger partial charge < -0.3 is 15.0 Å². The Kier molecular flexibility index (Phi) is 6.15. The Balaban J connectivity index is 1.91. The molecular weight excluding hydrogens is 176 g/mol. The summed E-state index contributed by atoms with van der Waals surface area (Å²) in [4.78, 5) is 2.40. The quantitative estimate of drug-likeness (QED) is 0.646. The Hall–Kier alpha value is -0.120. The van der Waals surface area contributed by atoms with Crippen LogP contribution in [0.25, 0.3) is 0 Å². The molecule has 0 aromatic rings. The summed E-state index contributed by atoms with van der Waals surface area (Å²) in [7, 11) is 2.20. The van der Waals surface area contributed by atoms with Crippen LogP contribution in [0.3, 0.4) is 0 Å². The van der Waals surface area contributed by atoms with E-state index in [9.17, 15) is 0 Å². The summed E-state index contributed by atoms with van der Waals surface area (Å²) in [6.45, 7) is 8.44. The topological polar surface area (TPSA) is 24.5 Å². The standard InChI is InChI=1S/C11H24N2O/c1-3-12-6-9-14-10-11-4-7-13(2)8-5-11/h11-12H,3-10H2,1-2H3. The molecule has 1 fully saturated rings. The molecule has 0 bridgehead atoms. The zero-order valence-corrected chi connectivity index (χ0v) is 9.59. The molecule has 0 saturated carbocycles.